The zero-order chi connectivity index (χ0) is 29.7. The first-order valence-corrected chi connectivity index (χ1v) is 13.6. The minimum absolute atomic E-state index is 0.0155. The Morgan fingerprint density at radius 1 is 0.976 bits per heavy atom. The summed E-state index contributed by atoms with van der Waals surface area (Å²) in [6.07, 6.45) is 0.563. The Labute approximate surface area is 241 Å². The van der Waals surface area contributed by atoms with E-state index < -0.39 is 11.7 Å². The van der Waals surface area contributed by atoms with Crippen molar-refractivity contribution in [2.24, 2.45) is 0 Å². The second kappa shape index (κ2) is 12.4. The van der Waals surface area contributed by atoms with E-state index in [9.17, 15) is 18.0 Å². The number of hydrogen-bond acceptors (Lipinski definition) is 6. The number of carbonyl (C=O) groups is 1. The number of halogens is 3. The predicted molar refractivity (Wildman–Crippen MR) is 157 cm³/mol. The van der Waals surface area contributed by atoms with E-state index in [0.717, 1.165) is 28.6 Å². The summed E-state index contributed by atoms with van der Waals surface area (Å²) in [5.74, 6) is 1.64. The van der Waals surface area contributed by atoms with Crippen LogP contribution in [0.4, 0.5) is 24.7 Å². The third-order valence-corrected chi connectivity index (χ3v) is 7.15. The lowest BCUT2D eigenvalue weighted by Crippen LogP contribution is -2.07. The lowest BCUT2D eigenvalue weighted by atomic mass is 9.93. The van der Waals surface area contributed by atoms with Crippen LogP contribution >= 0.6 is 0 Å². The van der Waals surface area contributed by atoms with E-state index in [4.69, 9.17) is 14.7 Å². The molecule has 0 saturated carbocycles. The van der Waals surface area contributed by atoms with Gasteiger partial charge in [-0.1, -0.05) is 31.2 Å². The molecule has 1 N–H and O–H groups in total. The number of alkyl halides is 3. The number of nitrogens with zero attached hydrogens (tertiary/aromatic N) is 3. The summed E-state index contributed by atoms with van der Waals surface area (Å²) in [5, 5.41) is 4.09. The highest BCUT2D eigenvalue weighted by Crippen LogP contribution is 2.33. The quantitative estimate of drug-likeness (QED) is 0.169. The number of aromatic nitrogens is 3. The number of nitrogens with one attached hydrogen (secondary N) is 1. The molecule has 0 fully saturated rings. The molecule has 3 aromatic carbocycles. The maximum absolute atomic E-state index is 13.4. The highest BCUT2D eigenvalue weighted by atomic mass is 19.4. The van der Waals surface area contributed by atoms with Crippen molar-refractivity contribution in [3.63, 3.8) is 0 Å². The number of para-hydroxylation sites is 1. The molecule has 5 aromatic rings. The number of methoxy groups -OCH3 is 1. The topological polar surface area (TPSA) is 77.0 Å². The number of pyridine rings is 1. The zero-order valence-corrected chi connectivity index (χ0v) is 23.2. The lowest BCUT2D eigenvalue weighted by molar-refractivity contribution is -0.137. The summed E-state index contributed by atoms with van der Waals surface area (Å²) in [6, 6.07) is 21.7. The molecule has 6 nitrogen and oxygen atoms in total. The van der Waals surface area contributed by atoms with Gasteiger partial charge in [-0.2, -0.15) is 13.2 Å². The van der Waals surface area contributed by atoms with E-state index in [1.165, 1.54) is 12.1 Å². The first-order valence-electron chi connectivity index (χ1n) is 13.6. The standard InChI is InChI=1S/C33H29F3N4O2/c1-21(22-12-14-24(15-13-22)33(34,35)36)7-5-11-30(41)26-9-3-4-10-28(26)39-32-27-19-25(42-2)16-17-29(27)38-31(40-32)23-8-6-18-37-20-23/h3-4,6,8-10,12-21H,5,7,11H2,1-2H3,(H,38,39,40). The molecule has 2 aromatic heterocycles. The Hall–Kier alpha value is -4.79. The van der Waals surface area contributed by atoms with Gasteiger partial charge in [0.1, 0.15) is 11.6 Å². The number of ketones is 1. The maximum atomic E-state index is 13.4. The smallest absolute Gasteiger partial charge is 0.416 e. The molecule has 0 amide bonds. The molecule has 9 heteroatoms. The number of ether oxygens (including phenoxy) is 1. The predicted octanol–water partition coefficient (Wildman–Crippen LogP) is 8.62. The van der Waals surface area contributed by atoms with Crippen molar-refractivity contribution in [2.45, 2.75) is 38.3 Å². The summed E-state index contributed by atoms with van der Waals surface area (Å²) in [7, 11) is 1.59. The minimum Gasteiger partial charge on any atom is -0.497 e. The van der Waals surface area contributed by atoms with Gasteiger partial charge in [-0.15, -0.1) is 0 Å². The van der Waals surface area contributed by atoms with E-state index in [1.807, 2.05) is 55.5 Å². The lowest BCUT2D eigenvalue weighted by Gasteiger charge is -2.15. The van der Waals surface area contributed by atoms with E-state index in [1.54, 1.807) is 25.6 Å². The summed E-state index contributed by atoms with van der Waals surface area (Å²) in [5.41, 5.74) is 2.74. The van der Waals surface area contributed by atoms with Crippen LogP contribution in [0.25, 0.3) is 22.3 Å². The molecule has 42 heavy (non-hydrogen) atoms. The number of hydrogen-bond donors (Lipinski definition) is 1. The Kier molecular flexibility index (Phi) is 8.47. The Bertz CT molecular complexity index is 1690. The van der Waals surface area contributed by atoms with E-state index >= 15 is 0 Å². The van der Waals surface area contributed by atoms with Crippen molar-refractivity contribution >= 4 is 28.2 Å². The molecule has 0 radical (unpaired) electrons. The van der Waals surface area contributed by atoms with Crippen LogP contribution in [-0.2, 0) is 6.18 Å². The number of rotatable bonds is 10. The van der Waals surface area contributed by atoms with Gasteiger partial charge in [0, 0.05) is 35.3 Å². The normalized spacial score (nSPS) is 12.2. The highest BCUT2D eigenvalue weighted by molar-refractivity contribution is 6.03. The summed E-state index contributed by atoms with van der Waals surface area (Å²) >= 11 is 0. The molecule has 214 valence electrons. The van der Waals surface area contributed by atoms with Crippen LogP contribution in [0.3, 0.4) is 0 Å². The van der Waals surface area contributed by atoms with Gasteiger partial charge in [0.2, 0.25) is 0 Å². The van der Waals surface area contributed by atoms with Crippen molar-refractivity contribution in [2.75, 3.05) is 12.4 Å². The summed E-state index contributed by atoms with van der Waals surface area (Å²) < 4.78 is 44.1. The van der Waals surface area contributed by atoms with Crippen molar-refractivity contribution in [3.05, 3.63) is 108 Å². The van der Waals surface area contributed by atoms with Gasteiger partial charge in [0.25, 0.3) is 0 Å². The third-order valence-electron chi connectivity index (χ3n) is 7.15. The molecule has 5 rings (SSSR count). The van der Waals surface area contributed by atoms with Crippen LogP contribution in [0.15, 0.2) is 91.3 Å². The number of Topliss-reactive ketones (excluding diaryl/α,β-unsaturated/α-hetero) is 1. The first kappa shape index (κ1) is 28.7. The molecule has 0 saturated heterocycles. The van der Waals surface area contributed by atoms with Crippen LogP contribution in [0, 0.1) is 0 Å². The van der Waals surface area contributed by atoms with Crippen LogP contribution in [0.1, 0.15) is 53.6 Å². The maximum Gasteiger partial charge on any atom is 0.416 e. The van der Waals surface area contributed by atoms with E-state index in [0.29, 0.717) is 53.4 Å². The van der Waals surface area contributed by atoms with Gasteiger partial charge in [0.05, 0.1) is 23.9 Å². The monoisotopic (exact) mass is 570 g/mol. The fraction of sp³-hybridized carbons (Fsp3) is 0.212. The van der Waals surface area contributed by atoms with Gasteiger partial charge < -0.3 is 10.1 Å². The van der Waals surface area contributed by atoms with Gasteiger partial charge in [-0.05, 0) is 78.9 Å². The molecule has 2 heterocycles. The number of benzene rings is 3. The Morgan fingerprint density at radius 3 is 2.48 bits per heavy atom. The van der Waals surface area contributed by atoms with Crippen molar-refractivity contribution in [3.8, 4) is 17.1 Å². The third kappa shape index (κ3) is 6.57. The molecular formula is C33H29F3N4O2. The fourth-order valence-electron chi connectivity index (χ4n) is 4.79. The Morgan fingerprint density at radius 2 is 1.76 bits per heavy atom. The second-order valence-corrected chi connectivity index (χ2v) is 10.0. The van der Waals surface area contributed by atoms with Gasteiger partial charge >= 0.3 is 6.18 Å². The second-order valence-electron chi connectivity index (χ2n) is 10.0. The van der Waals surface area contributed by atoms with Crippen molar-refractivity contribution in [1.29, 1.82) is 0 Å². The molecule has 0 bridgehead atoms. The zero-order valence-electron chi connectivity index (χ0n) is 23.2. The van der Waals surface area contributed by atoms with Crippen molar-refractivity contribution in [1.82, 2.24) is 15.0 Å². The van der Waals surface area contributed by atoms with Gasteiger partial charge in [-0.25, -0.2) is 9.97 Å². The SMILES string of the molecule is COc1ccc2nc(-c3cccnc3)nc(Nc3ccccc3C(=O)CCCC(C)c3ccc(C(F)(F)F)cc3)c2c1. The van der Waals surface area contributed by atoms with Crippen LogP contribution in [0.2, 0.25) is 0 Å². The molecule has 0 aliphatic rings. The van der Waals surface area contributed by atoms with E-state index in [-0.39, 0.29) is 11.7 Å². The molecule has 1 atom stereocenters. The average Bonchev–Trinajstić information content (AvgIpc) is 3.01. The molecular weight excluding hydrogens is 541 g/mol. The van der Waals surface area contributed by atoms with Gasteiger partial charge in [-0.3, -0.25) is 9.78 Å². The van der Waals surface area contributed by atoms with Gasteiger partial charge in [0.15, 0.2) is 11.6 Å². The minimum atomic E-state index is -4.36. The van der Waals surface area contributed by atoms with Crippen LogP contribution < -0.4 is 10.1 Å². The molecule has 1 unspecified atom stereocenters. The summed E-state index contributed by atoms with van der Waals surface area (Å²) in [4.78, 5) is 27.0. The fourth-order valence-corrected chi connectivity index (χ4v) is 4.79. The van der Waals surface area contributed by atoms with E-state index in [2.05, 4.69) is 10.3 Å². The molecule has 0 spiro atoms. The number of fused-ring (bicyclic) bond motifs is 1. The van der Waals surface area contributed by atoms with Crippen LogP contribution in [-0.4, -0.2) is 27.8 Å². The number of carbonyl (C=O) groups excluding carboxylic acids is 1. The number of anilines is 2. The van der Waals surface area contributed by atoms with Crippen LogP contribution in [0.5, 0.6) is 5.75 Å². The first-order chi connectivity index (χ1) is 20.2. The molecule has 0 aliphatic carbocycles. The average molecular weight is 571 g/mol. The van der Waals surface area contributed by atoms with Crippen molar-refractivity contribution < 1.29 is 22.7 Å². The highest BCUT2D eigenvalue weighted by Gasteiger charge is 2.30. The molecule has 0 aliphatic heterocycles. The largest absolute Gasteiger partial charge is 0.497 e. The summed E-state index contributed by atoms with van der Waals surface area (Å²) in [6.45, 7) is 1.96. The Balaban J connectivity index is 1.35.